The first-order valence-corrected chi connectivity index (χ1v) is 12.2. The molecule has 4 aromatic rings. The molecule has 36 heavy (non-hydrogen) atoms. The highest BCUT2D eigenvalue weighted by Crippen LogP contribution is 2.39. The molecule has 0 spiro atoms. The SMILES string of the molecule is CC(C)(C)c1cc(-n2c3nc(Nc4ccc5c(c4)NC(=O)C5(C)C)ncc3c(=O)n2C2CC2)ccn1. The Hall–Kier alpha value is -4.01. The van der Waals surface area contributed by atoms with Crippen LogP contribution in [0.5, 0.6) is 0 Å². The summed E-state index contributed by atoms with van der Waals surface area (Å²) in [4.78, 5) is 39.5. The monoisotopic (exact) mass is 483 g/mol. The third-order valence-electron chi connectivity index (χ3n) is 7.04. The minimum atomic E-state index is -0.568. The number of amides is 1. The van der Waals surface area contributed by atoms with Gasteiger partial charge >= 0.3 is 0 Å². The Bertz CT molecular complexity index is 1600. The maximum atomic E-state index is 13.4. The summed E-state index contributed by atoms with van der Waals surface area (Å²) in [6, 6.07) is 9.83. The number of hydrogen-bond donors (Lipinski definition) is 2. The van der Waals surface area contributed by atoms with Gasteiger partial charge in [-0.1, -0.05) is 26.8 Å². The highest BCUT2D eigenvalue weighted by molar-refractivity contribution is 6.06. The van der Waals surface area contributed by atoms with Gasteiger partial charge in [-0.05, 0) is 56.5 Å². The van der Waals surface area contributed by atoms with Gasteiger partial charge in [-0.3, -0.25) is 14.6 Å². The van der Waals surface area contributed by atoms with E-state index in [9.17, 15) is 9.59 Å². The summed E-state index contributed by atoms with van der Waals surface area (Å²) in [5.41, 5.74) is 4.02. The van der Waals surface area contributed by atoms with E-state index >= 15 is 0 Å². The van der Waals surface area contributed by atoms with Crippen molar-refractivity contribution in [3.63, 3.8) is 0 Å². The van der Waals surface area contributed by atoms with Crippen LogP contribution in [0.1, 0.15) is 64.8 Å². The van der Waals surface area contributed by atoms with Crippen molar-refractivity contribution in [2.45, 2.75) is 64.3 Å². The van der Waals surface area contributed by atoms with Crippen LogP contribution in [0.4, 0.5) is 17.3 Å². The Morgan fingerprint density at radius 3 is 2.58 bits per heavy atom. The van der Waals surface area contributed by atoms with Crippen molar-refractivity contribution in [1.29, 1.82) is 0 Å². The number of rotatable bonds is 4. The van der Waals surface area contributed by atoms with E-state index in [2.05, 4.69) is 41.4 Å². The number of nitrogens with zero attached hydrogens (tertiary/aromatic N) is 5. The second kappa shape index (κ2) is 7.49. The molecule has 4 heterocycles. The highest BCUT2D eigenvalue weighted by atomic mass is 16.2. The molecule has 2 N–H and O–H groups in total. The summed E-state index contributed by atoms with van der Waals surface area (Å²) in [5.74, 6) is 0.350. The first-order chi connectivity index (χ1) is 17.0. The number of carbonyl (C=O) groups excluding carboxylic acids is 1. The summed E-state index contributed by atoms with van der Waals surface area (Å²) in [7, 11) is 0. The maximum absolute atomic E-state index is 13.4. The number of nitrogens with one attached hydrogen (secondary N) is 2. The fourth-order valence-corrected chi connectivity index (χ4v) is 4.72. The zero-order valence-electron chi connectivity index (χ0n) is 21.1. The van der Waals surface area contributed by atoms with Crippen molar-refractivity contribution in [1.82, 2.24) is 24.3 Å². The first kappa shape index (κ1) is 22.5. The van der Waals surface area contributed by atoms with E-state index in [-0.39, 0.29) is 22.9 Å². The van der Waals surface area contributed by atoms with Crippen LogP contribution in [0, 0.1) is 0 Å². The second-order valence-corrected chi connectivity index (χ2v) is 11.2. The van der Waals surface area contributed by atoms with Crippen LogP contribution in [0.2, 0.25) is 0 Å². The number of aromatic nitrogens is 5. The van der Waals surface area contributed by atoms with Crippen molar-refractivity contribution in [2.24, 2.45) is 0 Å². The van der Waals surface area contributed by atoms with Gasteiger partial charge < -0.3 is 10.6 Å². The molecule has 0 atom stereocenters. The molecule has 9 heteroatoms. The Balaban J connectivity index is 1.45. The number of fused-ring (bicyclic) bond motifs is 2. The lowest BCUT2D eigenvalue weighted by atomic mass is 9.86. The van der Waals surface area contributed by atoms with E-state index in [0.717, 1.165) is 41.2 Å². The molecular weight excluding hydrogens is 454 g/mol. The Labute approximate surface area is 208 Å². The van der Waals surface area contributed by atoms with Crippen molar-refractivity contribution in [3.05, 3.63) is 64.3 Å². The quantitative estimate of drug-likeness (QED) is 0.440. The number of carbonyl (C=O) groups is 1. The van der Waals surface area contributed by atoms with Crippen molar-refractivity contribution >= 4 is 34.3 Å². The molecule has 9 nitrogen and oxygen atoms in total. The molecule has 1 aromatic carbocycles. The van der Waals surface area contributed by atoms with Crippen LogP contribution in [0.25, 0.3) is 16.7 Å². The summed E-state index contributed by atoms with van der Waals surface area (Å²) < 4.78 is 3.71. The number of anilines is 3. The first-order valence-electron chi connectivity index (χ1n) is 12.2. The van der Waals surface area contributed by atoms with Gasteiger partial charge in [0.1, 0.15) is 5.39 Å². The molecule has 184 valence electrons. The predicted molar refractivity (Wildman–Crippen MR) is 139 cm³/mol. The fraction of sp³-hybridized carbons (Fsp3) is 0.370. The Kier molecular flexibility index (Phi) is 4.67. The van der Waals surface area contributed by atoms with Crippen LogP contribution in [0.3, 0.4) is 0 Å². The van der Waals surface area contributed by atoms with Crippen LogP contribution < -0.4 is 16.2 Å². The van der Waals surface area contributed by atoms with Gasteiger partial charge in [0, 0.05) is 34.9 Å². The van der Waals surface area contributed by atoms with E-state index in [1.54, 1.807) is 17.1 Å². The molecule has 1 aliphatic heterocycles. The van der Waals surface area contributed by atoms with Crippen LogP contribution in [-0.2, 0) is 15.6 Å². The van der Waals surface area contributed by atoms with Gasteiger partial charge in [0.2, 0.25) is 11.9 Å². The average molecular weight is 484 g/mol. The summed E-state index contributed by atoms with van der Waals surface area (Å²) in [6.45, 7) is 10.2. The van der Waals surface area contributed by atoms with Crippen molar-refractivity contribution < 1.29 is 4.79 Å². The lowest BCUT2D eigenvalue weighted by Gasteiger charge is -2.19. The molecule has 2 aliphatic rings. The molecule has 0 radical (unpaired) electrons. The van der Waals surface area contributed by atoms with Gasteiger partial charge in [0.25, 0.3) is 5.56 Å². The largest absolute Gasteiger partial charge is 0.325 e. The summed E-state index contributed by atoms with van der Waals surface area (Å²) >= 11 is 0. The van der Waals surface area contributed by atoms with Gasteiger partial charge in [0.15, 0.2) is 5.65 Å². The Morgan fingerprint density at radius 2 is 1.86 bits per heavy atom. The third-order valence-corrected chi connectivity index (χ3v) is 7.04. The molecule has 0 saturated heterocycles. The zero-order chi connectivity index (χ0) is 25.4. The maximum Gasteiger partial charge on any atom is 0.278 e. The van der Waals surface area contributed by atoms with E-state index in [1.807, 2.05) is 48.9 Å². The molecule has 1 saturated carbocycles. The minimum Gasteiger partial charge on any atom is -0.325 e. The third kappa shape index (κ3) is 3.49. The molecule has 3 aromatic heterocycles. The lowest BCUT2D eigenvalue weighted by molar-refractivity contribution is -0.119. The molecule has 0 unspecified atom stereocenters. The number of benzene rings is 1. The normalized spacial score (nSPS) is 16.8. The number of pyridine rings is 1. The molecular formula is C27H29N7O2. The van der Waals surface area contributed by atoms with E-state index in [1.165, 1.54) is 0 Å². The van der Waals surface area contributed by atoms with Crippen LogP contribution >= 0.6 is 0 Å². The minimum absolute atomic E-state index is 0.0234. The Morgan fingerprint density at radius 1 is 1.08 bits per heavy atom. The van der Waals surface area contributed by atoms with Gasteiger partial charge in [-0.25, -0.2) is 14.3 Å². The zero-order valence-corrected chi connectivity index (χ0v) is 21.1. The van der Waals surface area contributed by atoms with E-state index in [4.69, 9.17) is 4.98 Å². The van der Waals surface area contributed by atoms with Crippen molar-refractivity contribution in [3.8, 4) is 5.69 Å². The molecule has 6 rings (SSSR count). The topological polar surface area (TPSA) is 107 Å². The standard InChI is InChI=1S/C27H29N7O2/c1-26(2,3)21-13-17(10-11-28-21)33-22-18(23(35)34(33)16-7-8-16)14-29-25(32-22)30-15-6-9-19-20(12-15)31-24(36)27(19,4)5/h6,9-14,16H,7-8H2,1-5H3,(H,31,36)(H,29,30,32). The van der Waals surface area contributed by atoms with Crippen LogP contribution in [0.15, 0.2) is 47.5 Å². The van der Waals surface area contributed by atoms with E-state index < -0.39 is 5.41 Å². The number of hydrogen-bond acceptors (Lipinski definition) is 6. The van der Waals surface area contributed by atoms with Crippen LogP contribution in [-0.4, -0.2) is 30.2 Å². The second-order valence-electron chi connectivity index (χ2n) is 11.2. The molecule has 1 amide bonds. The van der Waals surface area contributed by atoms with E-state index in [0.29, 0.717) is 17.0 Å². The summed E-state index contributed by atoms with van der Waals surface area (Å²) in [6.07, 6.45) is 5.29. The lowest BCUT2D eigenvalue weighted by Crippen LogP contribution is -2.26. The molecule has 0 bridgehead atoms. The predicted octanol–water partition coefficient (Wildman–Crippen LogP) is 4.58. The molecule has 1 aliphatic carbocycles. The van der Waals surface area contributed by atoms with Gasteiger partial charge in [-0.2, -0.15) is 4.98 Å². The smallest absolute Gasteiger partial charge is 0.278 e. The van der Waals surface area contributed by atoms with Gasteiger partial charge in [-0.15, -0.1) is 0 Å². The summed E-state index contributed by atoms with van der Waals surface area (Å²) in [5, 5.41) is 6.67. The highest BCUT2D eigenvalue weighted by Gasteiger charge is 2.38. The van der Waals surface area contributed by atoms with Gasteiger partial charge in [0.05, 0.1) is 17.1 Å². The van der Waals surface area contributed by atoms with Crippen molar-refractivity contribution in [2.75, 3.05) is 10.6 Å². The average Bonchev–Trinajstić information content (AvgIpc) is 3.58. The fourth-order valence-electron chi connectivity index (χ4n) is 4.72. The molecule has 1 fully saturated rings.